The van der Waals surface area contributed by atoms with E-state index in [1.807, 2.05) is 62.4 Å². The fraction of sp³-hybridized carbons (Fsp3) is 0.211. The summed E-state index contributed by atoms with van der Waals surface area (Å²) in [6.07, 6.45) is 0.802. The molecule has 0 bridgehead atoms. The van der Waals surface area contributed by atoms with Gasteiger partial charge < -0.3 is 14.7 Å². The average molecular weight is 311 g/mol. The van der Waals surface area contributed by atoms with E-state index in [2.05, 4.69) is 0 Å². The number of ether oxygens (including phenoxy) is 1. The Labute approximate surface area is 136 Å². The van der Waals surface area contributed by atoms with Crippen LogP contribution in [0.4, 0.5) is 5.69 Å². The number of rotatable bonds is 5. The van der Waals surface area contributed by atoms with Crippen LogP contribution in [0.3, 0.4) is 0 Å². The summed E-state index contributed by atoms with van der Waals surface area (Å²) in [5.74, 6) is -0.579. The Bertz CT molecular complexity index is 722. The van der Waals surface area contributed by atoms with Crippen LogP contribution in [0.2, 0.25) is 0 Å². The van der Waals surface area contributed by atoms with Crippen molar-refractivity contribution >= 4 is 11.7 Å². The molecule has 1 N–H and O–H groups in total. The Morgan fingerprint density at radius 1 is 1.09 bits per heavy atom. The summed E-state index contributed by atoms with van der Waals surface area (Å²) < 4.78 is 4.80. The first kappa shape index (κ1) is 16.6. The molecule has 0 fully saturated rings. The number of aliphatic hydroxyl groups excluding tert-OH is 1. The number of hydrogen-bond acceptors (Lipinski definition) is 4. The lowest BCUT2D eigenvalue weighted by Gasteiger charge is -2.27. The minimum absolute atomic E-state index is 0.102. The molecule has 0 saturated carbocycles. The highest BCUT2D eigenvalue weighted by molar-refractivity contribution is 5.92. The molecule has 2 rings (SSSR count). The van der Waals surface area contributed by atoms with E-state index < -0.39 is 5.97 Å². The van der Waals surface area contributed by atoms with Crippen LogP contribution in [0.25, 0.3) is 0 Å². The molecule has 0 radical (unpaired) electrons. The van der Waals surface area contributed by atoms with E-state index in [0.717, 1.165) is 28.6 Å². The number of carbonyl (C=O) groups is 1. The molecule has 0 unspecified atom stereocenters. The minimum atomic E-state index is -0.579. The van der Waals surface area contributed by atoms with E-state index in [9.17, 15) is 9.90 Å². The maximum absolute atomic E-state index is 12.1. The van der Waals surface area contributed by atoms with Crippen LogP contribution in [0.5, 0.6) is 0 Å². The molecular weight excluding hydrogens is 290 g/mol. The third kappa shape index (κ3) is 3.72. The van der Waals surface area contributed by atoms with Crippen molar-refractivity contribution < 1.29 is 14.6 Å². The third-order valence-electron chi connectivity index (χ3n) is 3.80. The topological polar surface area (TPSA) is 49.8 Å². The molecule has 2 aromatic rings. The first-order valence-electron chi connectivity index (χ1n) is 7.39. The number of hydrogen-bond donors (Lipinski definition) is 1. The number of para-hydroxylation sites is 1. The summed E-state index contributed by atoms with van der Waals surface area (Å²) >= 11 is 0. The molecule has 0 heterocycles. The second-order valence-electron chi connectivity index (χ2n) is 5.31. The molecule has 0 spiro atoms. The van der Waals surface area contributed by atoms with Gasteiger partial charge >= 0.3 is 5.97 Å². The molecule has 23 heavy (non-hydrogen) atoms. The van der Waals surface area contributed by atoms with E-state index in [0.29, 0.717) is 6.54 Å². The number of esters is 1. The van der Waals surface area contributed by atoms with Gasteiger partial charge in [-0.15, -0.1) is 0 Å². The summed E-state index contributed by atoms with van der Waals surface area (Å²) in [7, 11) is 1.30. The predicted molar refractivity (Wildman–Crippen MR) is 91.3 cm³/mol. The normalized spacial score (nSPS) is 11.2. The summed E-state index contributed by atoms with van der Waals surface area (Å²) in [6, 6.07) is 15.7. The van der Waals surface area contributed by atoms with Crippen molar-refractivity contribution in [3.05, 3.63) is 77.2 Å². The first-order valence-corrected chi connectivity index (χ1v) is 7.39. The van der Waals surface area contributed by atoms with E-state index in [-0.39, 0.29) is 5.70 Å². The van der Waals surface area contributed by atoms with Crippen LogP contribution in [0.15, 0.2) is 60.5 Å². The molecule has 2 aromatic carbocycles. The Morgan fingerprint density at radius 2 is 1.70 bits per heavy atom. The number of anilines is 1. The molecule has 0 amide bonds. The van der Waals surface area contributed by atoms with Gasteiger partial charge in [-0.25, -0.2) is 4.79 Å². The SMILES string of the molecule is COC(=O)/C(=C\O)N(Cc1ccccc1C)c1ccccc1C. The lowest BCUT2D eigenvalue weighted by molar-refractivity contribution is -0.136. The van der Waals surface area contributed by atoms with Crippen molar-refractivity contribution in [3.8, 4) is 0 Å². The molecule has 0 aliphatic carbocycles. The zero-order valence-electron chi connectivity index (χ0n) is 13.6. The van der Waals surface area contributed by atoms with Gasteiger partial charge in [-0.1, -0.05) is 42.5 Å². The molecule has 0 aliphatic rings. The molecule has 0 saturated heterocycles. The molecule has 0 aromatic heterocycles. The molecule has 120 valence electrons. The molecule has 0 aliphatic heterocycles. The Morgan fingerprint density at radius 3 is 2.26 bits per heavy atom. The number of benzene rings is 2. The number of aliphatic hydroxyl groups is 1. The lowest BCUT2D eigenvalue weighted by Crippen LogP contribution is -2.29. The standard InChI is InChI=1S/C19H21NO3/c1-14-8-4-6-10-16(14)12-20(18(13-21)19(22)23-3)17-11-7-5-9-15(17)2/h4-11,13,21H,12H2,1-3H3/b18-13+. The number of nitrogens with zero attached hydrogens (tertiary/aromatic N) is 1. The average Bonchev–Trinajstić information content (AvgIpc) is 2.56. The zero-order valence-corrected chi connectivity index (χ0v) is 13.6. The van der Waals surface area contributed by atoms with Gasteiger partial charge in [0, 0.05) is 12.2 Å². The maximum Gasteiger partial charge on any atom is 0.357 e. The van der Waals surface area contributed by atoms with Crippen LogP contribution < -0.4 is 4.90 Å². The van der Waals surface area contributed by atoms with E-state index in [1.54, 1.807) is 4.90 Å². The van der Waals surface area contributed by atoms with Gasteiger partial charge in [0.15, 0.2) is 5.70 Å². The fourth-order valence-electron chi connectivity index (χ4n) is 2.46. The molecule has 4 nitrogen and oxygen atoms in total. The second-order valence-corrected chi connectivity index (χ2v) is 5.31. The third-order valence-corrected chi connectivity index (χ3v) is 3.80. The molecule has 0 atom stereocenters. The summed E-state index contributed by atoms with van der Waals surface area (Å²) in [5.41, 5.74) is 4.14. The predicted octanol–water partition coefficient (Wildman–Crippen LogP) is 3.88. The van der Waals surface area contributed by atoms with Gasteiger partial charge in [-0.2, -0.15) is 0 Å². The quantitative estimate of drug-likeness (QED) is 0.517. The summed E-state index contributed by atoms with van der Waals surface area (Å²) in [6.45, 7) is 4.44. The van der Waals surface area contributed by atoms with Crippen LogP contribution in [0.1, 0.15) is 16.7 Å². The number of methoxy groups -OCH3 is 1. The minimum Gasteiger partial charge on any atom is -0.513 e. The van der Waals surface area contributed by atoms with Crippen molar-refractivity contribution in [2.75, 3.05) is 12.0 Å². The van der Waals surface area contributed by atoms with Crippen LogP contribution >= 0.6 is 0 Å². The van der Waals surface area contributed by atoms with Crippen molar-refractivity contribution in [1.29, 1.82) is 0 Å². The maximum atomic E-state index is 12.1. The van der Waals surface area contributed by atoms with Crippen molar-refractivity contribution in [3.63, 3.8) is 0 Å². The van der Waals surface area contributed by atoms with Gasteiger partial charge in [0.2, 0.25) is 0 Å². The van der Waals surface area contributed by atoms with E-state index in [4.69, 9.17) is 4.74 Å². The van der Waals surface area contributed by atoms with Gasteiger partial charge in [-0.3, -0.25) is 0 Å². The van der Waals surface area contributed by atoms with Gasteiger partial charge in [0.25, 0.3) is 0 Å². The monoisotopic (exact) mass is 311 g/mol. The smallest absolute Gasteiger partial charge is 0.357 e. The Kier molecular flexibility index (Phi) is 5.41. The highest BCUT2D eigenvalue weighted by Crippen LogP contribution is 2.27. The van der Waals surface area contributed by atoms with Crippen LogP contribution in [0, 0.1) is 13.8 Å². The molecule has 4 heteroatoms. The number of aryl methyl sites for hydroxylation is 2. The first-order chi connectivity index (χ1) is 11.1. The fourth-order valence-corrected chi connectivity index (χ4v) is 2.46. The van der Waals surface area contributed by atoms with Crippen molar-refractivity contribution in [2.45, 2.75) is 20.4 Å². The van der Waals surface area contributed by atoms with Gasteiger partial charge in [0.1, 0.15) is 6.26 Å². The lowest BCUT2D eigenvalue weighted by atomic mass is 10.1. The van der Waals surface area contributed by atoms with Crippen LogP contribution in [-0.2, 0) is 16.1 Å². The Hall–Kier alpha value is -2.75. The highest BCUT2D eigenvalue weighted by atomic mass is 16.5. The van der Waals surface area contributed by atoms with Crippen molar-refractivity contribution in [2.24, 2.45) is 0 Å². The van der Waals surface area contributed by atoms with Crippen LogP contribution in [-0.4, -0.2) is 18.2 Å². The summed E-state index contributed by atoms with van der Waals surface area (Å²) in [4.78, 5) is 13.8. The van der Waals surface area contributed by atoms with E-state index >= 15 is 0 Å². The molecular formula is C19H21NO3. The van der Waals surface area contributed by atoms with Gasteiger partial charge in [-0.05, 0) is 36.6 Å². The summed E-state index contributed by atoms with van der Waals surface area (Å²) in [5, 5.41) is 9.59. The Balaban J connectivity index is 2.50. The highest BCUT2D eigenvalue weighted by Gasteiger charge is 2.22. The largest absolute Gasteiger partial charge is 0.513 e. The van der Waals surface area contributed by atoms with Crippen molar-refractivity contribution in [1.82, 2.24) is 0 Å². The number of carbonyl (C=O) groups excluding carboxylic acids is 1. The van der Waals surface area contributed by atoms with Gasteiger partial charge in [0.05, 0.1) is 7.11 Å². The zero-order chi connectivity index (χ0) is 16.8. The van der Waals surface area contributed by atoms with E-state index in [1.165, 1.54) is 7.11 Å². The second kappa shape index (κ2) is 7.49.